The predicted molar refractivity (Wildman–Crippen MR) is 62.7 cm³/mol. The second-order valence-electron chi connectivity index (χ2n) is 3.73. The zero-order chi connectivity index (χ0) is 13.1. The number of para-hydroxylation sites is 1. The first kappa shape index (κ1) is 12.0. The number of rotatable bonds is 2. The molecular formula is C13H10FN3O. The molecule has 2 rings (SSSR count). The Hall–Kier alpha value is -2.48. The quantitative estimate of drug-likeness (QED) is 0.813. The minimum Gasteiger partial charge on any atom is -0.433 e. The summed E-state index contributed by atoms with van der Waals surface area (Å²) in [5.41, 5.74) is 1.59. The van der Waals surface area contributed by atoms with Gasteiger partial charge in [-0.25, -0.2) is 4.39 Å². The van der Waals surface area contributed by atoms with Crippen molar-refractivity contribution in [1.29, 1.82) is 5.26 Å². The molecule has 90 valence electrons. The molecule has 1 aromatic heterocycles. The van der Waals surface area contributed by atoms with Crippen LogP contribution in [0.4, 0.5) is 4.39 Å². The first-order valence-electron chi connectivity index (χ1n) is 5.30. The zero-order valence-electron chi connectivity index (χ0n) is 9.94. The Bertz CT molecular complexity index is 635. The highest BCUT2D eigenvalue weighted by molar-refractivity contribution is 5.46. The van der Waals surface area contributed by atoms with Crippen LogP contribution in [-0.4, -0.2) is 10.2 Å². The standard InChI is InChI=1S/C13H10FN3O/c1-8-9(2)16-17-13(10(8)7-15)18-12-6-4-3-5-11(12)14/h3-6H,1-2H3. The van der Waals surface area contributed by atoms with Gasteiger partial charge in [-0.05, 0) is 31.5 Å². The number of hydrogen-bond acceptors (Lipinski definition) is 4. The average Bonchev–Trinajstić information content (AvgIpc) is 2.37. The van der Waals surface area contributed by atoms with E-state index < -0.39 is 5.82 Å². The summed E-state index contributed by atoms with van der Waals surface area (Å²) < 4.78 is 18.7. The fourth-order valence-electron chi connectivity index (χ4n) is 1.42. The highest BCUT2D eigenvalue weighted by atomic mass is 19.1. The third-order valence-electron chi connectivity index (χ3n) is 2.58. The van der Waals surface area contributed by atoms with E-state index in [0.29, 0.717) is 11.3 Å². The maximum atomic E-state index is 13.4. The van der Waals surface area contributed by atoms with E-state index in [1.165, 1.54) is 12.1 Å². The summed E-state index contributed by atoms with van der Waals surface area (Å²) in [6.07, 6.45) is 0. The van der Waals surface area contributed by atoms with Gasteiger partial charge in [-0.3, -0.25) is 0 Å². The summed E-state index contributed by atoms with van der Waals surface area (Å²) in [6, 6.07) is 7.93. The van der Waals surface area contributed by atoms with E-state index in [-0.39, 0.29) is 17.2 Å². The largest absolute Gasteiger partial charge is 0.433 e. The van der Waals surface area contributed by atoms with Crippen LogP contribution >= 0.6 is 0 Å². The van der Waals surface area contributed by atoms with Gasteiger partial charge in [0.2, 0.25) is 0 Å². The van der Waals surface area contributed by atoms with Crippen LogP contribution in [0.15, 0.2) is 24.3 Å². The molecule has 1 aromatic carbocycles. The van der Waals surface area contributed by atoms with Gasteiger partial charge in [-0.15, -0.1) is 5.10 Å². The Morgan fingerprint density at radius 2 is 1.94 bits per heavy atom. The molecule has 0 saturated carbocycles. The van der Waals surface area contributed by atoms with Crippen molar-refractivity contribution in [3.63, 3.8) is 0 Å². The molecule has 0 spiro atoms. The van der Waals surface area contributed by atoms with Crippen molar-refractivity contribution < 1.29 is 9.13 Å². The molecule has 0 N–H and O–H groups in total. The minimum absolute atomic E-state index is 0.0192. The molecule has 0 radical (unpaired) electrons. The molecule has 0 bridgehead atoms. The molecule has 0 amide bonds. The molecule has 0 aliphatic rings. The molecule has 0 saturated heterocycles. The summed E-state index contributed by atoms with van der Waals surface area (Å²) in [5.74, 6) is -0.473. The number of ether oxygens (including phenoxy) is 1. The lowest BCUT2D eigenvalue weighted by Gasteiger charge is -2.08. The fourth-order valence-corrected chi connectivity index (χ4v) is 1.42. The van der Waals surface area contributed by atoms with Crippen molar-refractivity contribution >= 4 is 0 Å². The number of aromatic nitrogens is 2. The maximum absolute atomic E-state index is 13.4. The third kappa shape index (κ3) is 2.13. The van der Waals surface area contributed by atoms with Crippen LogP contribution in [0.25, 0.3) is 0 Å². The van der Waals surface area contributed by atoms with Crippen LogP contribution < -0.4 is 4.74 Å². The van der Waals surface area contributed by atoms with Gasteiger partial charge in [0.25, 0.3) is 5.88 Å². The van der Waals surface area contributed by atoms with Gasteiger partial charge in [0, 0.05) is 0 Å². The van der Waals surface area contributed by atoms with E-state index in [1.54, 1.807) is 26.0 Å². The maximum Gasteiger partial charge on any atom is 0.257 e. The van der Waals surface area contributed by atoms with Gasteiger partial charge >= 0.3 is 0 Å². The van der Waals surface area contributed by atoms with Gasteiger partial charge in [-0.1, -0.05) is 12.1 Å². The Morgan fingerprint density at radius 3 is 2.61 bits per heavy atom. The lowest BCUT2D eigenvalue weighted by atomic mass is 10.1. The minimum atomic E-state index is -0.513. The molecule has 0 fully saturated rings. The summed E-state index contributed by atoms with van der Waals surface area (Å²) >= 11 is 0. The first-order valence-corrected chi connectivity index (χ1v) is 5.30. The molecule has 0 atom stereocenters. The second kappa shape index (κ2) is 4.80. The van der Waals surface area contributed by atoms with E-state index in [0.717, 1.165) is 0 Å². The van der Waals surface area contributed by atoms with Gasteiger partial charge in [0.1, 0.15) is 11.6 Å². The molecule has 18 heavy (non-hydrogen) atoms. The van der Waals surface area contributed by atoms with E-state index in [9.17, 15) is 4.39 Å². The average molecular weight is 243 g/mol. The summed E-state index contributed by atoms with van der Waals surface area (Å²) in [4.78, 5) is 0. The predicted octanol–water partition coefficient (Wildman–Crippen LogP) is 2.90. The van der Waals surface area contributed by atoms with Crippen LogP contribution in [0.3, 0.4) is 0 Å². The van der Waals surface area contributed by atoms with E-state index >= 15 is 0 Å². The molecule has 5 heteroatoms. The van der Waals surface area contributed by atoms with Crippen molar-refractivity contribution in [1.82, 2.24) is 10.2 Å². The van der Waals surface area contributed by atoms with E-state index in [2.05, 4.69) is 10.2 Å². The zero-order valence-corrected chi connectivity index (χ0v) is 9.94. The van der Waals surface area contributed by atoms with Crippen LogP contribution in [0.5, 0.6) is 11.6 Å². The Kier molecular flexibility index (Phi) is 3.20. The SMILES string of the molecule is Cc1nnc(Oc2ccccc2F)c(C#N)c1C. The number of nitriles is 1. The van der Waals surface area contributed by atoms with Gasteiger partial charge in [0.05, 0.1) is 5.69 Å². The second-order valence-corrected chi connectivity index (χ2v) is 3.73. The fraction of sp³-hybridized carbons (Fsp3) is 0.154. The van der Waals surface area contributed by atoms with Crippen molar-refractivity contribution in [3.05, 3.63) is 46.9 Å². The van der Waals surface area contributed by atoms with Crippen LogP contribution in [0, 0.1) is 31.0 Å². The lowest BCUT2D eigenvalue weighted by Crippen LogP contribution is -2.01. The highest BCUT2D eigenvalue weighted by Crippen LogP contribution is 2.26. The Balaban J connectivity index is 2.45. The first-order chi connectivity index (χ1) is 8.63. The molecular weight excluding hydrogens is 233 g/mol. The molecule has 0 unspecified atom stereocenters. The number of benzene rings is 1. The molecule has 0 aliphatic carbocycles. The topological polar surface area (TPSA) is 58.8 Å². The number of halogens is 1. The number of hydrogen-bond donors (Lipinski definition) is 0. The Morgan fingerprint density at radius 1 is 1.22 bits per heavy atom. The van der Waals surface area contributed by atoms with Crippen LogP contribution in [-0.2, 0) is 0 Å². The Labute approximate surface area is 104 Å². The van der Waals surface area contributed by atoms with Gasteiger partial charge in [-0.2, -0.15) is 10.4 Å². The van der Waals surface area contributed by atoms with Gasteiger partial charge in [0.15, 0.2) is 11.6 Å². The molecule has 2 aromatic rings. The van der Waals surface area contributed by atoms with Crippen molar-refractivity contribution in [2.45, 2.75) is 13.8 Å². The van der Waals surface area contributed by atoms with E-state index in [4.69, 9.17) is 10.00 Å². The van der Waals surface area contributed by atoms with Crippen molar-refractivity contribution in [2.75, 3.05) is 0 Å². The smallest absolute Gasteiger partial charge is 0.257 e. The van der Waals surface area contributed by atoms with Crippen LogP contribution in [0.1, 0.15) is 16.8 Å². The van der Waals surface area contributed by atoms with E-state index in [1.807, 2.05) is 6.07 Å². The lowest BCUT2D eigenvalue weighted by molar-refractivity contribution is 0.419. The third-order valence-corrected chi connectivity index (χ3v) is 2.58. The summed E-state index contributed by atoms with van der Waals surface area (Å²) in [7, 11) is 0. The number of nitrogens with zero attached hydrogens (tertiary/aromatic N) is 3. The monoisotopic (exact) mass is 243 g/mol. The normalized spacial score (nSPS) is 9.89. The molecule has 4 nitrogen and oxygen atoms in total. The molecule has 1 heterocycles. The molecule has 0 aliphatic heterocycles. The van der Waals surface area contributed by atoms with Crippen LogP contribution in [0.2, 0.25) is 0 Å². The van der Waals surface area contributed by atoms with Gasteiger partial charge < -0.3 is 4.74 Å². The summed E-state index contributed by atoms with van der Waals surface area (Å²) in [6.45, 7) is 3.49. The highest BCUT2D eigenvalue weighted by Gasteiger charge is 2.14. The van der Waals surface area contributed by atoms with Crippen molar-refractivity contribution in [3.8, 4) is 17.7 Å². The number of aryl methyl sites for hydroxylation is 1. The summed E-state index contributed by atoms with van der Waals surface area (Å²) in [5, 5.41) is 16.7. The van der Waals surface area contributed by atoms with Crippen molar-refractivity contribution in [2.24, 2.45) is 0 Å².